The summed E-state index contributed by atoms with van der Waals surface area (Å²) in [6.45, 7) is 2.00. The maximum Gasteiger partial charge on any atom is 0.511 e. The van der Waals surface area contributed by atoms with E-state index in [4.69, 9.17) is 21.4 Å². The van der Waals surface area contributed by atoms with Crippen LogP contribution in [0.25, 0.3) is 22.2 Å². The molecule has 0 saturated heterocycles. The molecule has 110 valence electrons. The van der Waals surface area contributed by atoms with Gasteiger partial charge >= 0.3 is 6.16 Å². The second-order valence-corrected chi connectivity index (χ2v) is 5.34. The van der Waals surface area contributed by atoms with Crippen molar-refractivity contribution >= 4 is 28.7 Å². The third kappa shape index (κ3) is 2.87. The zero-order valence-electron chi connectivity index (χ0n) is 11.7. The Bertz CT molecular complexity index is 860. The highest BCUT2D eigenvalue weighted by Crippen LogP contribution is 2.32. The standard InChI is InChI=1S/C17H12ClNO3/c1-10-2-4-11(5-3-10)15-9-16(22-17(20)21)13-8-12(18)6-7-14(13)19-15/h2-9H,1H3,(H,20,21). The number of halogens is 1. The van der Waals surface area contributed by atoms with Gasteiger partial charge in [0.1, 0.15) is 5.75 Å². The number of carboxylic acid groups (broad SMARTS) is 1. The minimum absolute atomic E-state index is 0.218. The zero-order valence-corrected chi connectivity index (χ0v) is 12.5. The van der Waals surface area contributed by atoms with Crippen LogP contribution in [0.2, 0.25) is 5.02 Å². The Morgan fingerprint density at radius 3 is 2.55 bits per heavy atom. The Hall–Kier alpha value is -2.59. The summed E-state index contributed by atoms with van der Waals surface area (Å²) >= 11 is 5.97. The Morgan fingerprint density at radius 1 is 1.14 bits per heavy atom. The van der Waals surface area contributed by atoms with Gasteiger partial charge < -0.3 is 9.84 Å². The van der Waals surface area contributed by atoms with Gasteiger partial charge in [0.25, 0.3) is 0 Å². The van der Waals surface area contributed by atoms with E-state index in [-0.39, 0.29) is 5.75 Å². The third-order valence-electron chi connectivity index (χ3n) is 3.28. The second-order valence-electron chi connectivity index (χ2n) is 4.90. The number of hydrogen-bond donors (Lipinski definition) is 1. The molecule has 1 heterocycles. The van der Waals surface area contributed by atoms with Crippen LogP contribution in [0.4, 0.5) is 4.79 Å². The number of nitrogens with zero attached hydrogens (tertiary/aromatic N) is 1. The summed E-state index contributed by atoms with van der Waals surface area (Å²) in [5, 5.41) is 9.97. The molecule has 0 saturated carbocycles. The summed E-state index contributed by atoms with van der Waals surface area (Å²) in [5.74, 6) is 0.218. The molecule has 2 aromatic carbocycles. The summed E-state index contributed by atoms with van der Waals surface area (Å²) < 4.78 is 4.89. The molecule has 22 heavy (non-hydrogen) atoms. The van der Waals surface area contributed by atoms with Crippen LogP contribution in [0.15, 0.2) is 48.5 Å². The molecular weight excluding hydrogens is 302 g/mol. The summed E-state index contributed by atoms with van der Waals surface area (Å²) in [6.07, 6.45) is -1.37. The van der Waals surface area contributed by atoms with Crippen molar-refractivity contribution in [1.29, 1.82) is 0 Å². The fourth-order valence-corrected chi connectivity index (χ4v) is 2.39. The molecule has 0 aliphatic rings. The highest BCUT2D eigenvalue weighted by Gasteiger charge is 2.12. The fourth-order valence-electron chi connectivity index (χ4n) is 2.22. The first-order valence-corrected chi connectivity index (χ1v) is 6.99. The number of benzene rings is 2. The van der Waals surface area contributed by atoms with Crippen molar-refractivity contribution in [2.75, 3.05) is 0 Å². The highest BCUT2D eigenvalue weighted by atomic mass is 35.5. The van der Waals surface area contributed by atoms with Gasteiger partial charge in [-0.2, -0.15) is 0 Å². The molecule has 3 rings (SSSR count). The predicted octanol–water partition coefficient (Wildman–Crippen LogP) is 4.92. The van der Waals surface area contributed by atoms with Crippen LogP contribution < -0.4 is 4.74 Å². The molecular formula is C17H12ClNO3. The first-order valence-electron chi connectivity index (χ1n) is 6.61. The molecule has 0 atom stereocenters. The van der Waals surface area contributed by atoms with Crippen molar-refractivity contribution in [2.45, 2.75) is 6.92 Å². The number of aryl methyl sites for hydroxylation is 1. The SMILES string of the molecule is Cc1ccc(-c2cc(OC(=O)O)c3cc(Cl)ccc3n2)cc1. The molecule has 0 aliphatic carbocycles. The van der Waals surface area contributed by atoms with Crippen molar-refractivity contribution in [2.24, 2.45) is 0 Å². The maximum absolute atomic E-state index is 10.9. The molecule has 0 aliphatic heterocycles. The topological polar surface area (TPSA) is 59.4 Å². The van der Waals surface area contributed by atoms with Gasteiger partial charge in [0.05, 0.1) is 11.2 Å². The number of rotatable bonds is 2. The zero-order chi connectivity index (χ0) is 15.7. The van der Waals surface area contributed by atoms with Crippen LogP contribution in [-0.2, 0) is 0 Å². The Labute approximate surface area is 131 Å². The normalized spacial score (nSPS) is 10.6. The van der Waals surface area contributed by atoms with Crippen molar-refractivity contribution in [3.63, 3.8) is 0 Å². The molecule has 4 nitrogen and oxygen atoms in total. The van der Waals surface area contributed by atoms with E-state index in [2.05, 4.69) is 4.98 Å². The van der Waals surface area contributed by atoms with E-state index >= 15 is 0 Å². The maximum atomic E-state index is 10.9. The molecule has 0 fully saturated rings. The first kappa shape index (κ1) is 14.4. The smallest absolute Gasteiger partial charge is 0.449 e. The fraction of sp³-hybridized carbons (Fsp3) is 0.0588. The van der Waals surface area contributed by atoms with Crippen LogP contribution in [0.3, 0.4) is 0 Å². The molecule has 5 heteroatoms. The monoisotopic (exact) mass is 313 g/mol. The number of carbonyl (C=O) groups is 1. The van der Waals surface area contributed by atoms with Crippen LogP contribution >= 0.6 is 11.6 Å². The van der Waals surface area contributed by atoms with Gasteiger partial charge in [-0.3, -0.25) is 0 Å². The summed E-state index contributed by atoms with van der Waals surface area (Å²) in [7, 11) is 0. The number of ether oxygens (including phenoxy) is 1. The molecule has 0 unspecified atom stereocenters. The Balaban J connectivity index is 2.21. The second kappa shape index (κ2) is 5.66. The third-order valence-corrected chi connectivity index (χ3v) is 3.51. The number of hydrogen-bond acceptors (Lipinski definition) is 3. The molecule has 0 spiro atoms. The van der Waals surface area contributed by atoms with Crippen LogP contribution in [-0.4, -0.2) is 16.2 Å². The summed E-state index contributed by atoms with van der Waals surface area (Å²) in [6, 6.07) is 14.5. The van der Waals surface area contributed by atoms with Crippen LogP contribution in [0.5, 0.6) is 5.75 Å². The van der Waals surface area contributed by atoms with E-state index in [9.17, 15) is 4.79 Å². The van der Waals surface area contributed by atoms with E-state index in [0.29, 0.717) is 21.6 Å². The van der Waals surface area contributed by atoms with Crippen LogP contribution in [0, 0.1) is 6.92 Å². The Kier molecular flexibility index (Phi) is 3.69. The lowest BCUT2D eigenvalue weighted by Crippen LogP contribution is -2.04. The average molecular weight is 314 g/mol. The van der Waals surface area contributed by atoms with Gasteiger partial charge in [-0.1, -0.05) is 41.4 Å². The average Bonchev–Trinajstić information content (AvgIpc) is 2.48. The Morgan fingerprint density at radius 2 is 1.86 bits per heavy atom. The quantitative estimate of drug-likeness (QED) is 0.682. The van der Waals surface area contributed by atoms with E-state index in [0.717, 1.165) is 11.1 Å². The summed E-state index contributed by atoms with van der Waals surface area (Å²) in [5.41, 5.74) is 3.29. The van der Waals surface area contributed by atoms with Gasteiger partial charge in [-0.05, 0) is 25.1 Å². The van der Waals surface area contributed by atoms with Crippen molar-refractivity contribution < 1.29 is 14.6 Å². The molecule has 0 radical (unpaired) electrons. The minimum Gasteiger partial charge on any atom is -0.449 e. The van der Waals surface area contributed by atoms with Crippen molar-refractivity contribution in [1.82, 2.24) is 4.98 Å². The molecule has 3 aromatic rings. The molecule has 0 bridgehead atoms. The largest absolute Gasteiger partial charge is 0.511 e. The van der Waals surface area contributed by atoms with Gasteiger partial charge in [0.15, 0.2) is 0 Å². The summed E-state index contributed by atoms with van der Waals surface area (Å²) in [4.78, 5) is 15.5. The number of pyridine rings is 1. The van der Waals surface area contributed by atoms with E-state index < -0.39 is 6.16 Å². The van der Waals surface area contributed by atoms with Crippen LogP contribution in [0.1, 0.15) is 5.56 Å². The molecule has 1 N–H and O–H groups in total. The lowest BCUT2D eigenvalue weighted by molar-refractivity contribution is 0.145. The van der Waals surface area contributed by atoms with E-state index in [1.165, 1.54) is 0 Å². The number of aromatic nitrogens is 1. The lowest BCUT2D eigenvalue weighted by atomic mass is 10.1. The van der Waals surface area contributed by atoms with Crippen molar-refractivity contribution in [3.8, 4) is 17.0 Å². The highest BCUT2D eigenvalue weighted by molar-refractivity contribution is 6.31. The predicted molar refractivity (Wildman–Crippen MR) is 85.6 cm³/mol. The van der Waals surface area contributed by atoms with Gasteiger partial charge in [0.2, 0.25) is 0 Å². The number of fused-ring (bicyclic) bond motifs is 1. The molecule has 1 aromatic heterocycles. The molecule has 0 amide bonds. The van der Waals surface area contributed by atoms with Gasteiger partial charge in [0, 0.05) is 22.0 Å². The van der Waals surface area contributed by atoms with E-state index in [1.54, 1.807) is 24.3 Å². The first-order chi connectivity index (χ1) is 10.5. The van der Waals surface area contributed by atoms with Gasteiger partial charge in [-0.25, -0.2) is 9.78 Å². The van der Waals surface area contributed by atoms with Crippen molar-refractivity contribution in [3.05, 3.63) is 59.1 Å². The van der Waals surface area contributed by atoms with E-state index in [1.807, 2.05) is 31.2 Å². The van der Waals surface area contributed by atoms with Gasteiger partial charge in [-0.15, -0.1) is 0 Å². The minimum atomic E-state index is -1.37. The lowest BCUT2D eigenvalue weighted by Gasteiger charge is -2.09.